The molecule has 3 nitrogen and oxygen atoms in total. The number of amides is 1. The Bertz CT molecular complexity index is 902. The molecule has 1 amide bonds. The zero-order valence-corrected chi connectivity index (χ0v) is 15.0. The van der Waals surface area contributed by atoms with E-state index in [1.54, 1.807) is 12.1 Å². The molecule has 3 rings (SSSR count). The molecule has 0 radical (unpaired) electrons. The lowest BCUT2D eigenvalue weighted by Gasteiger charge is -2.16. The first kappa shape index (κ1) is 16.9. The number of hydrogen-bond donors (Lipinski definition) is 2. The van der Waals surface area contributed by atoms with Crippen LogP contribution in [0.3, 0.4) is 0 Å². The second-order valence-electron chi connectivity index (χ2n) is 5.91. The Morgan fingerprint density at radius 3 is 2.71 bits per heavy atom. The number of fused-ring (bicyclic) bond motifs is 1. The SMILES string of the molecule is Cc1[nH]c2ccccc2c1CC(=O)NC(C)c1ccc(Cl)cc1Cl. The van der Waals surface area contributed by atoms with E-state index in [-0.39, 0.29) is 11.9 Å². The summed E-state index contributed by atoms with van der Waals surface area (Å²) in [5.74, 6) is -0.0404. The number of hydrogen-bond acceptors (Lipinski definition) is 1. The lowest BCUT2D eigenvalue weighted by atomic mass is 10.1. The number of para-hydroxylation sites is 1. The van der Waals surface area contributed by atoms with E-state index in [1.165, 1.54) is 0 Å². The molecule has 0 saturated carbocycles. The van der Waals surface area contributed by atoms with Crippen molar-refractivity contribution in [3.05, 3.63) is 69.3 Å². The van der Waals surface area contributed by atoms with E-state index in [1.807, 2.05) is 44.2 Å². The van der Waals surface area contributed by atoms with Gasteiger partial charge in [-0.05, 0) is 43.2 Å². The van der Waals surface area contributed by atoms with Crippen molar-refractivity contribution in [2.24, 2.45) is 0 Å². The van der Waals surface area contributed by atoms with Crippen LogP contribution in [0.1, 0.15) is 29.8 Å². The van der Waals surface area contributed by atoms with Gasteiger partial charge in [0.05, 0.1) is 12.5 Å². The first-order valence-corrected chi connectivity index (χ1v) is 8.52. The fraction of sp³-hybridized carbons (Fsp3) is 0.211. The lowest BCUT2D eigenvalue weighted by Crippen LogP contribution is -2.28. The van der Waals surface area contributed by atoms with Crippen LogP contribution in [0.15, 0.2) is 42.5 Å². The summed E-state index contributed by atoms with van der Waals surface area (Å²) in [6.45, 7) is 3.90. The van der Waals surface area contributed by atoms with Crippen molar-refractivity contribution in [3.63, 3.8) is 0 Å². The molecule has 1 heterocycles. The standard InChI is InChI=1S/C19H18Cl2N2O/c1-11(14-8-7-13(20)9-17(14)21)23-19(24)10-16-12(2)22-18-6-4-3-5-15(16)18/h3-9,11,22H,10H2,1-2H3,(H,23,24). The van der Waals surface area contributed by atoms with Crippen LogP contribution in [-0.2, 0) is 11.2 Å². The number of aromatic nitrogens is 1. The van der Waals surface area contributed by atoms with Gasteiger partial charge in [-0.25, -0.2) is 0 Å². The third-order valence-electron chi connectivity index (χ3n) is 4.17. The molecule has 2 N–H and O–H groups in total. The van der Waals surface area contributed by atoms with Crippen LogP contribution in [0.2, 0.25) is 10.0 Å². The summed E-state index contributed by atoms with van der Waals surface area (Å²) in [6.07, 6.45) is 0.325. The summed E-state index contributed by atoms with van der Waals surface area (Å²) >= 11 is 12.1. The Balaban J connectivity index is 1.76. The molecule has 124 valence electrons. The molecule has 0 aliphatic carbocycles. The lowest BCUT2D eigenvalue weighted by molar-refractivity contribution is -0.121. The first-order chi connectivity index (χ1) is 11.5. The van der Waals surface area contributed by atoms with Gasteiger partial charge in [0.25, 0.3) is 0 Å². The largest absolute Gasteiger partial charge is 0.358 e. The molecule has 2 aromatic carbocycles. The van der Waals surface area contributed by atoms with E-state index in [0.717, 1.165) is 27.7 Å². The van der Waals surface area contributed by atoms with Crippen molar-refractivity contribution in [2.45, 2.75) is 26.3 Å². The Morgan fingerprint density at radius 2 is 1.96 bits per heavy atom. The van der Waals surface area contributed by atoms with Crippen LogP contribution in [0.5, 0.6) is 0 Å². The second-order valence-corrected chi connectivity index (χ2v) is 6.75. The fourth-order valence-corrected chi connectivity index (χ4v) is 3.52. The number of rotatable bonds is 4. The zero-order chi connectivity index (χ0) is 17.3. The van der Waals surface area contributed by atoms with E-state index in [4.69, 9.17) is 23.2 Å². The van der Waals surface area contributed by atoms with E-state index in [2.05, 4.69) is 10.3 Å². The van der Waals surface area contributed by atoms with Gasteiger partial charge in [-0.2, -0.15) is 0 Å². The summed E-state index contributed by atoms with van der Waals surface area (Å²) in [6, 6.07) is 13.1. The summed E-state index contributed by atoms with van der Waals surface area (Å²) in [5.41, 5.74) is 3.94. The van der Waals surface area contributed by atoms with Crippen molar-refractivity contribution in [1.29, 1.82) is 0 Å². The highest BCUT2D eigenvalue weighted by Gasteiger charge is 2.16. The molecule has 0 saturated heterocycles. The number of benzene rings is 2. The van der Waals surface area contributed by atoms with Crippen LogP contribution in [-0.4, -0.2) is 10.9 Å². The minimum atomic E-state index is -0.187. The third kappa shape index (κ3) is 3.42. The second kappa shape index (κ2) is 6.88. The van der Waals surface area contributed by atoms with Gasteiger partial charge in [-0.15, -0.1) is 0 Å². The molecule has 5 heteroatoms. The van der Waals surface area contributed by atoms with Gasteiger partial charge in [0.2, 0.25) is 5.91 Å². The predicted molar refractivity (Wildman–Crippen MR) is 99.8 cm³/mol. The number of carbonyl (C=O) groups excluding carboxylic acids is 1. The minimum Gasteiger partial charge on any atom is -0.358 e. The van der Waals surface area contributed by atoms with Crippen molar-refractivity contribution >= 4 is 40.0 Å². The van der Waals surface area contributed by atoms with Crippen molar-refractivity contribution < 1.29 is 4.79 Å². The summed E-state index contributed by atoms with van der Waals surface area (Å²) in [4.78, 5) is 15.8. The Labute approximate surface area is 151 Å². The Hall–Kier alpha value is -1.97. The maximum absolute atomic E-state index is 12.5. The van der Waals surface area contributed by atoms with Gasteiger partial charge in [-0.3, -0.25) is 4.79 Å². The molecule has 3 aromatic rings. The number of H-pyrrole nitrogens is 1. The molecule has 0 aliphatic rings. The number of aryl methyl sites for hydroxylation is 1. The molecule has 0 aliphatic heterocycles. The summed E-state index contributed by atoms with van der Waals surface area (Å²) in [5, 5.41) is 5.23. The van der Waals surface area contributed by atoms with E-state index in [9.17, 15) is 4.79 Å². The average Bonchev–Trinajstić information content (AvgIpc) is 2.83. The van der Waals surface area contributed by atoms with E-state index >= 15 is 0 Å². The maximum atomic E-state index is 12.5. The monoisotopic (exact) mass is 360 g/mol. The molecule has 0 fully saturated rings. The number of carbonyl (C=O) groups is 1. The third-order valence-corrected chi connectivity index (χ3v) is 4.73. The van der Waals surface area contributed by atoms with Crippen LogP contribution >= 0.6 is 23.2 Å². The molecule has 0 spiro atoms. The molecular formula is C19H18Cl2N2O. The molecule has 1 aromatic heterocycles. The number of halogens is 2. The van der Waals surface area contributed by atoms with Crippen molar-refractivity contribution in [2.75, 3.05) is 0 Å². The highest BCUT2D eigenvalue weighted by molar-refractivity contribution is 6.35. The molecule has 1 atom stereocenters. The van der Waals surface area contributed by atoms with Crippen LogP contribution in [0, 0.1) is 6.92 Å². The smallest absolute Gasteiger partial charge is 0.224 e. The van der Waals surface area contributed by atoms with Gasteiger partial charge >= 0.3 is 0 Å². The normalized spacial score (nSPS) is 12.3. The maximum Gasteiger partial charge on any atom is 0.224 e. The molecule has 0 bridgehead atoms. The van der Waals surface area contributed by atoms with E-state index in [0.29, 0.717) is 16.5 Å². The molecular weight excluding hydrogens is 343 g/mol. The van der Waals surface area contributed by atoms with Crippen LogP contribution in [0.25, 0.3) is 10.9 Å². The number of aromatic amines is 1. The minimum absolute atomic E-state index is 0.0404. The number of nitrogens with one attached hydrogen (secondary N) is 2. The van der Waals surface area contributed by atoms with Gasteiger partial charge in [-0.1, -0.05) is 47.5 Å². The van der Waals surface area contributed by atoms with Crippen molar-refractivity contribution in [3.8, 4) is 0 Å². The quantitative estimate of drug-likeness (QED) is 0.659. The van der Waals surface area contributed by atoms with Gasteiger partial charge in [0.1, 0.15) is 0 Å². The van der Waals surface area contributed by atoms with Crippen LogP contribution in [0.4, 0.5) is 0 Å². The Morgan fingerprint density at radius 1 is 1.21 bits per heavy atom. The highest BCUT2D eigenvalue weighted by atomic mass is 35.5. The highest BCUT2D eigenvalue weighted by Crippen LogP contribution is 2.27. The zero-order valence-electron chi connectivity index (χ0n) is 13.5. The Kier molecular flexibility index (Phi) is 4.83. The first-order valence-electron chi connectivity index (χ1n) is 7.76. The summed E-state index contributed by atoms with van der Waals surface area (Å²) in [7, 11) is 0. The van der Waals surface area contributed by atoms with Crippen molar-refractivity contribution in [1.82, 2.24) is 10.3 Å². The molecule has 1 unspecified atom stereocenters. The van der Waals surface area contributed by atoms with Gasteiger partial charge in [0.15, 0.2) is 0 Å². The topological polar surface area (TPSA) is 44.9 Å². The van der Waals surface area contributed by atoms with Crippen LogP contribution < -0.4 is 5.32 Å². The molecule has 24 heavy (non-hydrogen) atoms. The summed E-state index contributed by atoms with van der Waals surface area (Å²) < 4.78 is 0. The average molecular weight is 361 g/mol. The van der Waals surface area contributed by atoms with Gasteiger partial charge < -0.3 is 10.3 Å². The van der Waals surface area contributed by atoms with Gasteiger partial charge in [0, 0.05) is 26.6 Å². The predicted octanol–water partition coefficient (Wildman–Crippen LogP) is 5.20. The van der Waals surface area contributed by atoms with E-state index < -0.39 is 0 Å². The fourth-order valence-electron chi connectivity index (χ4n) is 2.95.